The fraction of sp³-hybridized carbons (Fsp3) is 0.667. The summed E-state index contributed by atoms with van der Waals surface area (Å²) in [5, 5.41) is 8.01. The normalized spacial score (nSPS) is 10.4. The molecule has 1 atom stereocenters. The van der Waals surface area contributed by atoms with Crippen LogP contribution in [0.25, 0.3) is 0 Å². The van der Waals surface area contributed by atoms with Crippen LogP contribution in [0.5, 0.6) is 0 Å². The predicted molar refractivity (Wildman–Crippen MR) is 31.4 cm³/mol. The maximum atomic E-state index is 9.76. The molecular formula is C3H8NNaO3S. The van der Waals surface area contributed by atoms with E-state index in [2.05, 4.69) is 12.6 Å². The van der Waals surface area contributed by atoms with Crippen LogP contribution in [0.4, 0.5) is 0 Å². The maximum Gasteiger partial charge on any atom is 1.00 e. The molecule has 4 nitrogen and oxygen atoms in total. The number of aliphatic carboxylic acids is 1. The first kappa shape index (κ1) is 16.4. The summed E-state index contributed by atoms with van der Waals surface area (Å²) in [6.07, 6.45) is 0. The van der Waals surface area contributed by atoms with Gasteiger partial charge in [-0.05, 0) is 0 Å². The molecule has 0 fully saturated rings. The van der Waals surface area contributed by atoms with Crippen LogP contribution < -0.4 is 35.3 Å². The van der Waals surface area contributed by atoms with Crippen molar-refractivity contribution >= 4 is 18.6 Å². The fourth-order valence-electron chi connectivity index (χ4n) is 0.0781. The van der Waals surface area contributed by atoms with Crippen LogP contribution in [0.1, 0.15) is 0 Å². The Morgan fingerprint density at radius 2 is 2.11 bits per heavy atom. The topological polar surface area (TPSA) is 93.3 Å². The Balaban J connectivity index is -0.000000180. The minimum absolute atomic E-state index is 0. The number of nitrogens with two attached hydrogens (primary N) is 1. The number of hydrogen-bond donors (Lipinski definition) is 3. The van der Waals surface area contributed by atoms with Crippen molar-refractivity contribution in [2.45, 2.75) is 6.04 Å². The zero-order chi connectivity index (χ0) is 5.86. The number of hydrogen-bond acceptors (Lipinski definition) is 4. The van der Waals surface area contributed by atoms with Crippen LogP contribution >= 0.6 is 12.6 Å². The molecule has 0 spiro atoms. The van der Waals surface area contributed by atoms with E-state index in [0.717, 1.165) is 0 Å². The first-order valence-corrected chi connectivity index (χ1v) is 2.41. The number of carboxylic acids is 1. The fourth-order valence-corrected chi connectivity index (χ4v) is 0.234. The first-order valence-electron chi connectivity index (χ1n) is 1.77. The maximum absolute atomic E-state index is 9.76. The van der Waals surface area contributed by atoms with Gasteiger partial charge in [-0.15, -0.1) is 0 Å². The molecule has 0 amide bonds. The summed E-state index contributed by atoms with van der Waals surface area (Å²) >= 11 is 3.65. The molecular weight excluding hydrogens is 153 g/mol. The smallest absolute Gasteiger partial charge is 0.870 e. The SMILES string of the molecule is N[C@@H](CS)C(=O)O.[Na+].[OH-]. The number of carboxylic acid groups (broad SMARTS) is 1. The van der Waals surface area contributed by atoms with Gasteiger partial charge in [-0.2, -0.15) is 12.6 Å². The van der Waals surface area contributed by atoms with Gasteiger partial charge in [-0.25, -0.2) is 0 Å². The van der Waals surface area contributed by atoms with E-state index in [9.17, 15) is 4.79 Å². The van der Waals surface area contributed by atoms with Gasteiger partial charge >= 0.3 is 35.5 Å². The van der Waals surface area contributed by atoms with Gasteiger partial charge < -0.3 is 16.3 Å². The molecule has 0 aromatic heterocycles. The quantitative estimate of drug-likeness (QED) is 0.285. The summed E-state index contributed by atoms with van der Waals surface area (Å²) in [5.74, 6) is -0.815. The number of thiol groups is 1. The summed E-state index contributed by atoms with van der Waals surface area (Å²) in [5.41, 5.74) is 4.94. The molecule has 0 radical (unpaired) electrons. The second kappa shape index (κ2) is 8.74. The van der Waals surface area contributed by atoms with Gasteiger partial charge in [0, 0.05) is 5.75 Å². The third-order valence-electron chi connectivity index (χ3n) is 0.514. The molecule has 9 heavy (non-hydrogen) atoms. The zero-order valence-corrected chi connectivity index (χ0v) is 8.01. The molecule has 6 heteroatoms. The molecule has 0 bridgehead atoms. The van der Waals surface area contributed by atoms with E-state index in [1.54, 1.807) is 0 Å². The van der Waals surface area contributed by atoms with E-state index in [1.807, 2.05) is 0 Å². The Morgan fingerprint density at radius 1 is 1.78 bits per heavy atom. The van der Waals surface area contributed by atoms with Crippen LogP contribution in [-0.2, 0) is 4.79 Å². The molecule has 0 heterocycles. The summed E-state index contributed by atoms with van der Waals surface area (Å²) in [6, 6.07) is -0.816. The van der Waals surface area contributed by atoms with Crippen LogP contribution in [0.3, 0.4) is 0 Å². The Bertz CT molecular complexity index is 81.5. The molecule has 50 valence electrons. The van der Waals surface area contributed by atoms with E-state index in [1.165, 1.54) is 0 Å². The van der Waals surface area contributed by atoms with E-state index < -0.39 is 12.0 Å². The Labute approximate surface area is 80.8 Å². The summed E-state index contributed by atoms with van der Waals surface area (Å²) in [7, 11) is 0. The minimum atomic E-state index is -1.00. The molecule has 0 unspecified atom stereocenters. The van der Waals surface area contributed by atoms with Crippen molar-refractivity contribution in [2.24, 2.45) is 5.73 Å². The number of rotatable bonds is 2. The van der Waals surface area contributed by atoms with E-state index in [-0.39, 0.29) is 40.8 Å². The van der Waals surface area contributed by atoms with Crippen molar-refractivity contribution in [3.8, 4) is 0 Å². The van der Waals surface area contributed by atoms with Crippen LogP contribution in [0, 0.1) is 0 Å². The van der Waals surface area contributed by atoms with Gasteiger partial charge in [0.1, 0.15) is 6.04 Å². The Hall–Kier alpha value is 0.740. The molecule has 0 aromatic rings. The second-order valence-electron chi connectivity index (χ2n) is 1.13. The summed E-state index contributed by atoms with van der Waals surface area (Å²) in [4.78, 5) is 9.76. The van der Waals surface area contributed by atoms with Crippen molar-refractivity contribution in [1.29, 1.82) is 0 Å². The largest absolute Gasteiger partial charge is 1.00 e. The molecule has 0 rings (SSSR count). The Kier molecular flexibility index (Phi) is 15.9. The van der Waals surface area contributed by atoms with Gasteiger partial charge in [0.2, 0.25) is 0 Å². The van der Waals surface area contributed by atoms with Crippen molar-refractivity contribution in [3.05, 3.63) is 0 Å². The van der Waals surface area contributed by atoms with E-state index in [0.29, 0.717) is 0 Å². The Morgan fingerprint density at radius 3 is 2.11 bits per heavy atom. The molecule has 0 saturated heterocycles. The van der Waals surface area contributed by atoms with Crippen molar-refractivity contribution in [3.63, 3.8) is 0 Å². The van der Waals surface area contributed by atoms with E-state index >= 15 is 0 Å². The molecule has 0 saturated carbocycles. The van der Waals surface area contributed by atoms with Gasteiger partial charge in [0.15, 0.2) is 0 Å². The van der Waals surface area contributed by atoms with Gasteiger partial charge in [-0.1, -0.05) is 0 Å². The van der Waals surface area contributed by atoms with Gasteiger partial charge in [-0.3, -0.25) is 4.79 Å². The monoisotopic (exact) mass is 161 g/mol. The van der Waals surface area contributed by atoms with Crippen LogP contribution in [-0.4, -0.2) is 28.3 Å². The molecule has 0 aliphatic carbocycles. The molecule has 0 aliphatic rings. The van der Waals surface area contributed by atoms with Gasteiger partial charge in [0.05, 0.1) is 0 Å². The minimum Gasteiger partial charge on any atom is -0.870 e. The van der Waals surface area contributed by atoms with Crippen molar-refractivity contribution in [2.75, 3.05) is 5.75 Å². The third-order valence-corrected chi connectivity index (χ3v) is 0.907. The summed E-state index contributed by atoms with van der Waals surface area (Å²) < 4.78 is 0. The standard InChI is InChI=1S/C3H7NO2S.Na.H2O/c4-2(1-7)3(5)6;;/h2,7H,1,4H2,(H,5,6);;1H2/q;+1;/p-1/t2-;;/m0../s1. The van der Waals surface area contributed by atoms with Gasteiger partial charge in [0.25, 0.3) is 0 Å². The van der Waals surface area contributed by atoms with Crippen LogP contribution in [0.15, 0.2) is 0 Å². The third kappa shape index (κ3) is 8.74. The molecule has 0 aromatic carbocycles. The first-order chi connectivity index (χ1) is 3.18. The molecule has 4 N–H and O–H groups in total. The molecule has 0 aliphatic heterocycles. The van der Waals surface area contributed by atoms with Crippen molar-refractivity contribution in [1.82, 2.24) is 0 Å². The summed E-state index contributed by atoms with van der Waals surface area (Å²) in [6.45, 7) is 0. The van der Waals surface area contributed by atoms with Crippen LogP contribution in [0.2, 0.25) is 0 Å². The van der Waals surface area contributed by atoms with E-state index in [4.69, 9.17) is 10.8 Å². The predicted octanol–water partition coefficient (Wildman–Crippen LogP) is -3.84. The zero-order valence-electron chi connectivity index (χ0n) is 5.11. The average Bonchev–Trinajstić information content (AvgIpc) is 1.65. The second-order valence-corrected chi connectivity index (χ2v) is 1.49. The number of carbonyl (C=O) groups is 1. The van der Waals surface area contributed by atoms with Crippen molar-refractivity contribution < 1.29 is 44.9 Å². The average molecular weight is 161 g/mol.